The summed E-state index contributed by atoms with van der Waals surface area (Å²) in [6, 6.07) is 8.33. The zero-order valence-corrected chi connectivity index (χ0v) is 15.7. The molecule has 1 aromatic rings. The Hall–Kier alpha value is -1.98. The number of carbonyl (C=O) groups is 2. The summed E-state index contributed by atoms with van der Waals surface area (Å²) in [7, 11) is 1.50. The van der Waals surface area contributed by atoms with Crippen molar-refractivity contribution in [1.82, 2.24) is 5.32 Å². The third kappa shape index (κ3) is 6.11. The maximum atomic E-state index is 11.7. The van der Waals surface area contributed by atoms with Crippen molar-refractivity contribution < 1.29 is 9.59 Å². The van der Waals surface area contributed by atoms with Crippen LogP contribution in [0.4, 0.5) is 0 Å². The number of nitrogens with one attached hydrogen (secondary N) is 1. The van der Waals surface area contributed by atoms with Gasteiger partial charge in [0.15, 0.2) is 0 Å². The van der Waals surface area contributed by atoms with Crippen LogP contribution >= 0.6 is 0 Å². The molecule has 3 rings (SSSR count). The third-order valence-corrected chi connectivity index (χ3v) is 4.68. The van der Waals surface area contributed by atoms with Crippen LogP contribution in [0.2, 0.25) is 0 Å². The van der Waals surface area contributed by atoms with Gasteiger partial charge in [0.25, 0.3) is 0 Å². The van der Waals surface area contributed by atoms with Crippen molar-refractivity contribution >= 4 is 12.2 Å². The van der Waals surface area contributed by atoms with Crippen LogP contribution in [0.3, 0.4) is 0 Å². The fourth-order valence-corrected chi connectivity index (χ4v) is 2.55. The number of rotatable bonds is 3. The second-order valence-corrected chi connectivity index (χ2v) is 6.78. The lowest BCUT2D eigenvalue weighted by Crippen LogP contribution is -2.47. The molecule has 0 aromatic heterocycles. The van der Waals surface area contributed by atoms with Crippen molar-refractivity contribution in [2.75, 3.05) is 7.05 Å². The molecular weight excluding hydrogens is 314 g/mol. The van der Waals surface area contributed by atoms with Gasteiger partial charge in [0.2, 0.25) is 5.91 Å². The molecule has 0 aliphatic heterocycles. The van der Waals surface area contributed by atoms with Crippen LogP contribution in [0.5, 0.6) is 0 Å². The molecule has 5 N–H and O–H groups in total. The van der Waals surface area contributed by atoms with Gasteiger partial charge in [0.05, 0.1) is 11.6 Å². The molecule has 2 unspecified atom stereocenters. The highest BCUT2D eigenvalue weighted by Crippen LogP contribution is 2.33. The number of benzene rings is 1. The van der Waals surface area contributed by atoms with E-state index in [9.17, 15) is 9.59 Å². The predicted molar refractivity (Wildman–Crippen MR) is 102 cm³/mol. The zero-order valence-electron chi connectivity index (χ0n) is 15.7. The molecule has 2 aliphatic carbocycles. The summed E-state index contributed by atoms with van der Waals surface area (Å²) in [4.78, 5) is 22.3. The summed E-state index contributed by atoms with van der Waals surface area (Å²) in [5.74, 6) is 0.208. The van der Waals surface area contributed by atoms with Gasteiger partial charge in [-0.25, -0.2) is 0 Å². The number of hydrogen-bond acceptors (Lipinski definition) is 4. The second kappa shape index (κ2) is 9.49. The van der Waals surface area contributed by atoms with Crippen LogP contribution in [-0.4, -0.2) is 30.8 Å². The van der Waals surface area contributed by atoms with Crippen molar-refractivity contribution in [3.05, 3.63) is 47.0 Å². The standard InChI is InChI=1S/C11H16N2O2.C8H10.CH5N/c1-7-4-8(6-14)5-9(7)13-10(15)11(12)2-3-11;1-7-5-3-4-6-8(7)2;1-2/h5-7,9H,2-4,12H2,1H3,(H,13,15);3-6H,1-2H3;2H2,1H3. The van der Waals surface area contributed by atoms with Gasteiger partial charge in [0, 0.05) is 0 Å². The lowest BCUT2D eigenvalue weighted by atomic mass is 10.0. The molecular formula is C20H31N3O2. The van der Waals surface area contributed by atoms with E-state index in [2.05, 4.69) is 49.2 Å². The van der Waals surface area contributed by atoms with Crippen molar-refractivity contribution in [1.29, 1.82) is 0 Å². The Balaban J connectivity index is 0.000000264. The maximum absolute atomic E-state index is 11.7. The predicted octanol–water partition coefficient (Wildman–Crippen LogP) is 2.01. The van der Waals surface area contributed by atoms with Crippen molar-refractivity contribution in [3.63, 3.8) is 0 Å². The number of aryl methyl sites for hydroxylation is 2. The van der Waals surface area contributed by atoms with Gasteiger partial charge >= 0.3 is 0 Å². The first-order chi connectivity index (χ1) is 11.9. The molecule has 5 nitrogen and oxygen atoms in total. The Labute approximate surface area is 150 Å². The van der Waals surface area contributed by atoms with Gasteiger partial charge in [-0.2, -0.15) is 0 Å². The highest BCUT2D eigenvalue weighted by atomic mass is 16.2. The van der Waals surface area contributed by atoms with Crippen LogP contribution in [0.1, 0.15) is 37.3 Å². The first-order valence-electron chi connectivity index (χ1n) is 8.71. The molecule has 5 heteroatoms. The van der Waals surface area contributed by atoms with E-state index < -0.39 is 5.54 Å². The summed E-state index contributed by atoms with van der Waals surface area (Å²) in [5, 5.41) is 2.90. The number of carbonyl (C=O) groups excluding carboxylic acids is 2. The SMILES string of the molecule is CC1CC(C=O)=CC1NC(=O)C1(N)CC1.CN.Cc1ccccc1C. The lowest BCUT2D eigenvalue weighted by Gasteiger charge is -2.18. The minimum atomic E-state index is -0.627. The first-order valence-corrected chi connectivity index (χ1v) is 8.71. The van der Waals surface area contributed by atoms with Crippen molar-refractivity contribution in [3.8, 4) is 0 Å². The second-order valence-electron chi connectivity index (χ2n) is 6.78. The van der Waals surface area contributed by atoms with E-state index in [1.165, 1.54) is 18.2 Å². The van der Waals surface area contributed by atoms with E-state index >= 15 is 0 Å². The molecule has 1 saturated carbocycles. The molecule has 1 aromatic carbocycles. The molecule has 0 heterocycles. The Morgan fingerprint density at radius 3 is 2.08 bits per heavy atom. The van der Waals surface area contributed by atoms with E-state index in [0.29, 0.717) is 0 Å². The fourth-order valence-electron chi connectivity index (χ4n) is 2.55. The van der Waals surface area contributed by atoms with Crippen LogP contribution in [-0.2, 0) is 9.59 Å². The third-order valence-electron chi connectivity index (χ3n) is 4.68. The fraction of sp³-hybridized carbons (Fsp3) is 0.500. The van der Waals surface area contributed by atoms with E-state index in [0.717, 1.165) is 31.1 Å². The monoisotopic (exact) mass is 345 g/mol. The molecule has 2 aliphatic rings. The van der Waals surface area contributed by atoms with Crippen LogP contribution < -0.4 is 16.8 Å². The van der Waals surface area contributed by atoms with Gasteiger partial charge < -0.3 is 16.8 Å². The summed E-state index contributed by atoms with van der Waals surface area (Å²) in [6.07, 6.45) is 4.97. The molecule has 0 spiro atoms. The minimum Gasteiger partial charge on any atom is -0.348 e. The summed E-state index contributed by atoms with van der Waals surface area (Å²) >= 11 is 0. The number of allylic oxidation sites excluding steroid dienone is 1. The summed E-state index contributed by atoms with van der Waals surface area (Å²) < 4.78 is 0. The van der Waals surface area contributed by atoms with Gasteiger partial charge in [-0.1, -0.05) is 37.3 Å². The van der Waals surface area contributed by atoms with Crippen LogP contribution in [0, 0.1) is 19.8 Å². The van der Waals surface area contributed by atoms with E-state index in [4.69, 9.17) is 5.73 Å². The Bertz CT molecular complexity index is 600. The molecule has 0 saturated heterocycles. The normalized spacial score (nSPS) is 22.4. The van der Waals surface area contributed by atoms with Crippen LogP contribution in [0.15, 0.2) is 35.9 Å². The van der Waals surface area contributed by atoms with Gasteiger partial charge in [-0.15, -0.1) is 0 Å². The molecule has 0 radical (unpaired) electrons. The largest absolute Gasteiger partial charge is 0.348 e. The molecule has 2 atom stereocenters. The van der Waals surface area contributed by atoms with Crippen LogP contribution in [0.25, 0.3) is 0 Å². The van der Waals surface area contributed by atoms with E-state index in [1.807, 2.05) is 13.0 Å². The quantitative estimate of drug-likeness (QED) is 0.730. The molecule has 138 valence electrons. The zero-order chi connectivity index (χ0) is 19.0. The minimum absolute atomic E-state index is 0.0290. The number of hydrogen-bond donors (Lipinski definition) is 3. The Morgan fingerprint density at radius 2 is 1.72 bits per heavy atom. The van der Waals surface area contributed by atoms with Gasteiger partial charge in [0.1, 0.15) is 6.29 Å². The van der Waals surface area contributed by atoms with Gasteiger partial charge in [-0.05, 0) is 62.8 Å². The smallest absolute Gasteiger partial charge is 0.240 e. The number of amides is 1. The van der Waals surface area contributed by atoms with Gasteiger partial charge in [-0.3, -0.25) is 9.59 Å². The average molecular weight is 345 g/mol. The molecule has 25 heavy (non-hydrogen) atoms. The van der Waals surface area contributed by atoms with E-state index in [-0.39, 0.29) is 17.9 Å². The summed E-state index contributed by atoms with van der Waals surface area (Å²) in [5.41, 5.74) is 13.2. The highest BCUT2D eigenvalue weighted by Gasteiger charge is 2.46. The lowest BCUT2D eigenvalue weighted by molar-refractivity contribution is -0.123. The first kappa shape index (κ1) is 21.1. The average Bonchev–Trinajstić information content (AvgIpc) is 3.27. The topological polar surface area (TPSA) is 98.2 Å². The Kier molecular flexibility index (Phi) is 8.00. The van der Waals surface area contributed by atoms with E-state index in [1.54, 1.807) is 0 Å². The summed E-state index contributed by atoms with van der Waals surface area (Å²) in [6.45, 7) is 6.26. The highest BCUT2D eigenvalue weighted by molar-refractivity contribution is 5.89. The van der Waals surface area contributed by atoms with Crippen molar-refractivity contribution in [2.24, 2.45) is 17.4 Å². The maximum Gasteiger partial charge on any atom is 0.240 e. The van der Waals surface area contributed by atoms with Crippen molar-refractivity contribution in [2.45, 2.75) is 51.6 Å². The molecule has 1 amide bonds. The molecule has 1 fully saturated rings. The number of aldehydes is 1. The number of nitrogens with two attached hydrogens (primary N) is 2. The Morgan fingerprint density at radius 1 is 1.20 bits per heavy atom. The molecule has 0 bridgehead atoms.